The number of hydrogen-bond donors (Lipinski definition) is 1. The molecule has 69 valence electrons. The van der Waals surface area contributed by atoms with Crippen molar-refractivity contribution in [2.24, 2.45) is 0 Å². The van der Waals surface area contributed by atoms with Gasteiger partial charge in [-0.25, -0.2) is 0 Å². The average Bonchev–Trinajstić information content (AvgIpc) is 2.19. The van der Waals surface area contributed by atoms with Gasteiger partial charge in [-0.05, 0) is 24.5 Å². The van der Waals surface area contributed by atoms with Gasteiger partial charge in [0.15, 0.2) is 0 Å². The van der Waals surface area contributed by atoms with Gasteiger partial charge in [0.25, 0.3) is 0 Å². The standard InChI is InChI=1S/C9H11N.CH3OSi/c1-2-6-9-8(4-1)5-3-7-10-9;1-2-3/h1-2,4,6,10H,3,5,7H2;1H3. The van der Waals surface area contributed by atoms with Crippen LogP contribution in [0.3, 0.4) is 0 Å². The van der Waals surface area contributed by atoms with Crippen molar-refractivity contribution in [2.45, 2.75) is 12.8 Å². The molecule has 13 heavy (non-hydrogen) atoms. The van der Waals surface area contributed by atoms with E-state index in [0.29, 0.717) is 0 Å². The summed E-state index contributed by atoms with van der Waals surface area (Å²) in [5.41, 5.74) is 2.79. The Morgan fingerprint density at radius 2 is 2.08 bits per heavy atom. The Hall–Kier alpha value is -0.803. The van der Waals surface area contributed by atoms with Gasteiger partial charge in [-0.1, -0.05) is 18.2 Å². The monoisotopic (exact) mass is 192 g/mol. The van der Waals surface area contributed by atoms with E-state index in [-0.39, 0.29) is 0 Å². The van der Waals surface area contributed by atoms with Crippen molar-refractivity contribution in [1.82, 2.24) is 0 Å². The molecule has 0 fully saturated rings. The third-order valence-electron chi connectivity index (χ3n) is 1.96. The molecule has 0 aromatic heterocycles. The molecule has 1 aromatic carbocycles. The van der Waals surface area contributed by atoms with Crippen molar-refractivity contribution >= 4 is 16.2 Å². The van der Waals surface area contributed by atoms with Crippen LogP contribution in [0.1, 0.15) is 12.0 Å². The van der Waals surface area contributed by atoms with Crippen molar-refractivity contribution in [1.29, 1.82) is 0 Å². The van der Waals surface area contributed by atoms with Crippen LogP contribution in [0, 0.1) is 0 Å². The van der Waals surface area contributed by atoms with E-state index in [9.17, 15) is 0 Å². The molecule has 1 aromatic rings. The molecule has 0 saturated carbocycles. The van der Waals surface area contributed by atoms with E-state index in [1.807, 2.05) is 0 Å². The zero-order valence-electron chi connectivity index (χ0n) is 7.84. The Labute approximate surface area is 82.8 Å². The van der Waals surface area contributed by atoms with Gasteiger partial charge in [-0.2, -0.15) is 0 Å². The van der Waals surface area contributed by atoms with Crippen LogP contribution in [0.5, 0.6) is 0 Å². The predicted molar refractivity (Wildman–Crippen MR) is 56.0 cm³/mol. The lowest BCUT2D eigenvalue weighted by Crippen LogP contribution is -2.10. The minimum atomic E-state index is 1.14. The summed E-state index contributed by atoms with van der Waals surface area (Å²) >= 11 is 0. The summed E-state index contributed by atoms with van der Waals surface area (Å²) in [6.07, 6.45) is 2.51. The van der Waals surface area contributed by atoms with Crippen LogP contribution in [0.15, 0.2) is 24.3 Å². The van der Waals surface area contributed by atoms with E-state index in [0.717, 1.165) is 6.54 Å². The van der Waals surface area contributed by atoms with Crippen LogP contribution >= 0.6 is 0 Å². The Morgan fingerprint density at radius 1 is 1.38 bits per heavy atom. The minimum Gasteiger partial charge on any atom is -0.422 e. The van der Waals surface area contributed by atoms with Gasteiger partial charge < -0.3 is 9.74 Å². The van der Waals surface area contributed by atoms with Crippen molar-refractivity contribution in [3.63, 3.8) is 0 Å². The van der Waals surface area contributed by atoms with E-state index >= 15 is 0 Å². The number of fused-ring (bicyclic) bond motifs is 1. The van der Waals surface area contributed by atoms with Gasteiger partial charge in [-0.3, -0.25) is 0 Å². The molecule has 0 atom stereocenters. The average molecular weight is 192 g/mol. The van der Waals surface area contributed by atoms with Crippen LogP contribution < -0.4 is 5.32 Å². The van der Waals surface area contributed by atoms with Crippen LogP contribution in [0.25, 0.3) is 0 Å². The van der Waals surface area contributed by atoms with E-state index in [1.54, 1.807) is 0 Å². The van der Waals surface area contributed by atoms with Crippen molar-refractivity contribution in [3.05, 3.63) is 29.8 Å². The SMILES string of the molecule is CO[Si].c1ccc2c(c1)CCCN2. The number of rotatable bonds is 0. The zero-order chi connectivity index (χ0) is 9.52. The molecule has 0 bridgehead atoms. The Morgan fingerprint density at radius 3 is 2.77 bits per heavy atom. The topological polar surface area (TPSA) is 21.3 Å². The van der Waals surface area contributed by atoms with Crippen LogP contribution in [0.2, 0.25) is 0 Å². The molecule has 0 unspecified atom stereocenters. The van der Waals surface area contributed by atoms with Crippen molar-refractivity contribution in [3.8, 4) is 0 Å². The second-order valence-corrected chi connectivity index (χ2v) is 3.30. The van der Waals surface area contributed by atoms with E-state index in [4.69, 9.17) is 0 Å². The summed E-state index contributed by atoms with van der Waals surface area (Å²) in [6.45, 7) is 1.14. The van der Waals surface area contributed by atoms with Gasteiger partial charge in [0.2, 0.25) is 10.5 Å². The summed E-state index contributed by atoms with van der Waals surface area (Å²) in [6, 6.07) is 8.53. The first-order valence-electron chi connectivity index (χ1n) is 4.40. The fourth-order valence-electron chi connectivity index (χ4n) is 1.41. The summed E-state index contributed by atoms with van der Waals surface area (Å²) in [5, 5.41) is 3.36. The maximum absolute atomic E-state index is 4.06. The lowest BCUT2D eigenvalue weighted by atomic mass is 10.0. The summed E-state index contributed by atoms with van der Waals surface area (Å²) < 4.78 is 4.06. The molecule has 3 heteroatoms. The van der Waals surface area contributed by atoms with Crippen molar-refractivity contribution in [2.75, 3.05) is 19.0 Å². The molecular weight excluding hydrogens is 178 g/mol. The molecule has 0 aliphatic carbocycles. The molecule has 2 nitrogen and oxygen atoms in total. The first-order chi connectivity index (χ1) is 6.38. The molecule has 1 aliphatic heterocycles. The highest BCUT2D eigenvalue weighted by Crippen LogP contribution is 2.19. The van der Waals surface area contributed by atoms with Crippen molar-refractivity contribution < 1.29 is 4.43 Å². The largest absolute Gasteiger partial charge is 0.422 e. The maximum atomic E-state index is 4.06. The Balaban J connectivity index is 0.000000251. The summed E-state index contributed by atoms with van der Waals surface area (Å²) in [4.78, 5) is 0. The first kappa shape index (κ1) is 10.3. The molecule has 1 N–H and O–H groups in total. The number of para-hydroxylation sites is 1. The molecule has 0 saturated heterocycles. The normalized spacial score (nSPS) is 13.4. The minimum absolute atomic E-state index is 1.14. The molecular formula is C10H14NOSi. The third kappa shape index (κ3) is 3.20. The van der Waals surface area contributed by atoms with Crippen LogP contribution in [-0.4, -0.2) is 24.1 Å². The number of hydrogen-bond acceptors (Lipinski definition) is 2. The first-order valence-corrected chi connectivity index (χ1v) is 4.81. The number of anilines is 1. The van der Waals surface area contributed by atoms with Gasteiger partial charge in [-0.15, -0.1) is 0 Å². The van der Waals surface area contributed by atoms with Gasteiger partial charge in [0.1, 0.15) is 0 Å². The molecule has 1 heterocycles. The lowest BCUT2D eigenvalue weighted by Gasteiger charge is -2.16. The number of aryl methyl sites for hydroxylation is 1. The van der Waals surface area contributed by atoms with E-state index < -0.39 is 0 Å². The highest BCUT2D eigenvalue weighted by atomic mass is 28.2. The third-order valence-corrected chi connectivity index (χ3v) is 1.96. The van der Waals surface area contributed by atoms with E-state index in [1.165, 1.54) is 31.2 Å². The molecule has 3 radical (unpaired) electrons. The summed E-state index contributed by atoms with van der Waals surface area (Å²) in [7, 11) is 4.22. The van der Waals surface area contributed by atoms with Gasteiger partial charge in [0.05, 0.1) is 0 Å². The van der Waals surface area contributed by atoms with Crippen LogP contribution in [0.4, 0.5) is 5.69 Å². The second-order valence-electron chi connectivity index (χ2n) is 2.89. The smallest absolute Gasteiger partial charge is 0.245 e. The lowest BCUT2D eigenvalue weighted by molar-refractivity contribution is 0.460. The highest BCUT2D eigenvalue weighted by molar-refractivity contribution is 5.97. The number of benzene rings is 1. The molecule has 0 amide bonds. The molecule has 1 aliphatic rings. The number of nitrogens with one attached hydrogen (secondary N) is 1. The second kappa shape index (κ2) is 5.78. The van der Waals surface area contributed by atoms with E-state index in [2.05, 4.69) is 44.5 Å². The summed E-state index contributed by atoms with van der Waals surface area (Å²) in [5.74, 6) is 0. The maximum Gasteiger partial charge on any atom is 0.245 e. The fraction of sp³-hybridized carbons (Fsp3) is 0.400. The van der Waals surface area contributed by atoms with Gasteiger partial charge >= 0.3 is 0 Å². The Bertz CT molecular complexity index is 227. The van der Waals surface area contributed by atoms with Crippen LogP contribution in [-0.2, 0) is 10.8 Å². The molecule has 0 spiro atoms. The highest BCUT2D eigenvalue weighted by Gasteiger charge is 2.04. The zero-order valence-corrected chi connectivity index (χ0v) is 8.84. The Kier molecular flexibility index (Phi) is 4.57. The quantitative estimate of drug-likeness (QED) is 0.632. The van der Waals surface area contributed by atoms with Gasteiger partial charge in [0, 0.05) is 19.3 Å². The molecule has 2 rings (SSSR count). The fourth-order valence-corrected chi connectivity index (χ4v) is 1.41. The predicted octanol–water partition coefficient (Wildman–Crippen LogP) is 1.76.